The summed E-state index contributed by atoms with van der Waals surface area (Å²) in [6, 6.07) is 6.08. The predicted octanol–water partition coefficient (Wildman–Crippen LogP) is 4.40. The zero-order valence-electron chi connectivity index (χ0n) is 22.5. The molecule has 2 aromatic rings. The van der Waals surface area contributed by atoms with Crippen molar-refractivity contribution in [1.82, 2.24) is 34.8 Å². The molecule has 0 bridgehead atoms. The number of rotatable bonds is 5. The molecule has 2 aromatic heterocycles. The fraction of sp³-hybridized carbons (Fsp3) is 0.517. The standard InChI is InChI=1S/C29H33N7O3/c1-18(21-10-7-14-35(21)2)38-24-16-23(36-15-6-8-19-17-30-33-28(19)36)31-27(32-24)25-20-9-5-13-29(26(20)39-34-25)12-4-3-11-22(29)37/h6,8,15-18,21H,3-5,7,9-14H2,1-2H3/t18-,21-,29+/m0/s1. The molecule has 0 aromatic carbocycles. The van der Waals surface area contributed by atoms with Gasteiger partial charge in [-0.2, -0.15) is 10.1 Å². The highest BCUT2D eigenvalue weighted by Crippen LogP contribution is 2.47. The summed E-state index contributed by atoms with van der Waals surface area (Å²) in [5, 5.41) is 12.9. The van der Waals surface area contributed by atoms with Gasteiger partial charge in [-0.05, 0) is 77.6 Å². The lowest BCUT2D eigenvalue weighted by molar-refractivity contribution is -0.128. The van der Waals surface area contributed by atoms with Crippen LogP contribution < -0.4 is 4.74 Å². The third-order valence-electron chi connectivity index (χ3n) is 8.96. The Labute approximate surface area is 227 Å². The number of pyridine rings is 1. The second-order valence-electron chi connectivity index (χ2n) is 11.3. The summed E-state index contributed by atoms with van der Waals surface area (Å²) >= 11 is 0. The number of nitrogens with zero attached hydrogens (tertiary/aromatic N) is 7. The first-order chi connectivity index (χ1) is 19.0. The van der Waals surface area contributed by atoms with Crippen molar-refractivity contribution in [2.45, 2.75) is 82.3 Å². The van der Waals surface area contributed by atoms with Crippen LogP contribution in [0.5, 0.6) is 5.88 Å². The number of ether oxygens (including phenoxy) is 1. The van der Waals surface area contributed by atoms with Crippen LogP contribution in [-0.4, -0.2) is 66.3 Å². The maximum atomic E-state index is 13.2. The molecular weight excluding hydrogens is 494 g/mol. The maximum Gasteiger partial charge on any atom is 0.219 e. The van der Waals surface area contributed by atoms with Crippen LogP contribution in [0.4, 0.5) is 0 Å². The molecule has 5 heterocycles. The summed E-state index contributed by atoms with van der Waals surface area (Å²) in [7, 11) is 2.14. The highest BCUT2D eigenvalue weighted by atomic mass is 16.5. The molecule has 202 valence electrons. The molecule has 2 fully saturated rings. The minimum Gasteiger partial charge on any atom is -0.473 e. The smallest absolute Gasteiger partial charge is 0.219 e. The first-order valence-corrected chi connectivity index (χ1v) is 14.1. The molecule has 3 aliphatic heterocycles. The first kappa shape index (κ1) is 24.4. The number of carbonyl (C=O) groups excluding carboxylic acids is 1. The Hall–Kier alpha value is -3.66. The molecular formula is C29H33N7O3. The number of likely N-dealkylation sites (N-methyl/N-ethyl adjacent to an activating group) is 1. The monoisotopic (exact) mass is 527 g/mol. The van der Waals surface area contributed by atoms with Crippen molar-refractivity contribution < 1.29 is 14.1 Å². The van der Waals surface area contributed by atoms with E-state index in [4.69, 9.17) is 19.2 Å². The minimum absolute atomic E-state index is 0.0537. The van der Waals surface area contributed by atoms with Crippen molar-refractivity contribution in [1.29, 1.82) is 0 Å². The normalized spacial score (nSPS) is 24.4. The second kappa shape index (κ2) is 9.51. The van der Waals surface area contributed by atoms with Gasteiger partial charge in [0.05, 0.1) is 11.6 Å². The third kappa shape index (κ3) is 4.04. The van der Waals surface area contributed by atoms with Gasteiger partial charge >= 0.3 is 0 Å². The number of fused-ring (bicyclic) bond motifs is 3. The summed E-state index contributed by atoms with van der Waals surface area (Å²) in [6.07, 6.45) is 11.8. The molecule has 0 radical (unpaired) electrons. The van der Waals surface area contributed by atoms with Gasteiger partial charge in [0.2, 0.25) is 5.88 Å². The zero-order chi connectivity index (χ0) is 26.6. The van der Waals surface area contributed by atoms with E-state index in [0.717, 1.165) is 74.8 Å². The number of Topliss-reactive ketones (excluding diaryl/α,β-unsaturated/α-hetero) is 1. The number of likely N-dealkylation sites (tertiary alicyclic amines) is 1. The Morgan fingerprint density at radius 2 is 2.05 bits per heavy atom. The molecule has 1 saturated carbocycles. The van der Waals surface area contributed by atoms with Crippen LogP contribution in [0, 0.1) is 0 Å². The summed E-state index contributed by atoms with van der Waals surface area (Å²) < 4.78 is 14.4. The van der Waals surface area contributed by atoms with Gasteiger partial charge in [-0.3, -0.25) is 14.3 Å². The molecule has 1 spiro atoms. The van der Waals surface area contributed by atoms with Crippen molar-refractivity contribution in [3.05, 3.63) is 41.9 Å². The van der Waals surface area contributed by atoms with Gasteiger partial charge in [0.1, 0.15) is 17.7 Å². The number of aromatic nitrogens is 6. The molecule has 0 N–H and O–H groups in total. The van der Waals surface area contributed by atoms with Crippen LogP contribution in [0.2, 0.25) is 0 Å². The number of hydrogen-bond donors (Lipinski definition) is 0. The number of carbonyl (C=O) groups is 1. The third-order valence-corrected chi connectivity index (χ3v) is 8.96. The molecule has 2 aliphatic carbocycles. The minimum atomic E-state index is -0.555. The van der Waals surface area contributed by atoms with Crippen LogP contribution in [-0.2, 0) is 16.6 Å². The SMILES string of the molecule is C[C@H](Oc1cc(-n2cccc3cnnc2-3)nc(-c2noc3c2CCC[C@@]32CCCCC2=O)n1)[C@@H]1CCCN1C. The Morgan fingerprint density at radius 3 is 2.90 bits per heavy atom. The second-order valence-corrected chi connectivity index (χ2v) is 11.3. The van der Waals surface area contributed by atoms with E-state index in [0.29, 0.717) is 41.5 Å². The molecule has 0 unspecified atom stereocenters. The topological polar surface area (TPSA) is 112 Å². The first-order valence-electron chi connectivity index (χ1n) is 14.1. The Balaban J connectivity index is 1.33. The molecule has 7 rings (SSSR count). The van der Waals surface area contributed by atoms with Gasteiger partial charge in [-0.1, -0.05) is 11.6 Å². The van der Waals surface area contributed by atoms with Crippen molar-refractivity contribution in [3.8, 4) is 34.6 Å². The van der Waals surface area contributed by atoms with Gasteiger partial charge in [-0.15, -0.1) is 5.10 Å². The highest BCUT2D eigenvalue weighted by molar-refractivity contribution is 5.91. The fourth-order valence-electron chi connectivity index (χ4n) is 6.92. The van der Waals surface area contributed by atoms with Crippen LogP contribution in [0.25, 0.3) is 28.7 Å². The van der Waals surface area contributed by atoms with Crippen LogP contribution in [0.1, 0.15) is 69.6 Å². The molecule has 5 aliphatic rings. The molecule has 3 atom stereocenters. The Morgan fingerprint density at radius 1 is 1.15 bits per heavy atom. The highest BCUT2D eigenvalue weighted by Gasteiger charge is 2.48. The van der Waals surface area contributed by atoms with Crippen LogP contribution in [0.3, 0.4) is 0 Å². The molecule has 1 saturated heterocycles. The largest absolute Gasteiger partial charge is 0.473 e. The van der Waals surface area contributed by atoms with E-state index < -0.39 is 5.41 Å². The van der Waals surface area contributed by atoms with E-state index >= 15 is 0 Å². The van der Waals surface area contributed by atoms with Crippen LogP contribution >= 0.6 is 0 Å². The van der Waals surface area contributed by atoms with Crippen LogP contribution in [0.15, 0.2) is 35.1 Å². The summed E-state index contributed by atoms with van der Waals surface area (Å²) in [6.45, 7) is 3.17. The summed E-state index contributed by atoms with van der Waals surface area (Å²) in [5.74, 6) is 3.23. The molecule has 10 heteroatoms. The van der Waals surface area contributed by atoms with Crippen molar-refractivity contribution >= 4 is 5.78 Å². The quantitative estimate of drug-likeness (QED) is 0.373. The zero-order valence-corrected chi connectivity index (χ0v) is 22.5. The average molecular weight is 528 g/mol. The Bertz CT molecular complexity index is 1500. The van der Waals surface area contributed by atoms with Gasteiger partial charge in [0.15, 0.2) is 23.1 Å². The van der Waals surface area contributed by atoms with Gasteiger partial charge < -0.3 is 9.26 Å². The van der Waals surface area contributed by atoms with E-state index in [-0.39, 0.29) is 11.9 Å². The molecule has 0 amide bonds. The van der Waals surface area contributed by atoms with E-state index in [1.54, 1.807) is 6.20 Å². The molecule has 10 nitrogen and oxygen atoms in total. The van der Waals surface area contributed by atoms with Crippen molar-refractivity contribution in [2.24, 2.45) is 0 Å². The van der Waals surface area contributed by atoms with E-state index in [1.807, 2.05) is 29.0 Å². The van der Waals surface area contributed by atoms with E-state index in [2.05, 4.69) is 34.2 Å². The Kier molecular flexibility index (Phi) is 5.95. The van der Waals surface area contributed by atoms with Gasteiger partial charge in [0, 0.05) is 35.9 Å². The number of hydrogen-bond acceptors (Lipinski definition) is 9. The lowest BCUT2D eigenvalue weighted by Gasteiger charge is -2.36. The average Bonchev–Trinajstić information content (AvgIpc) is 3.70. The van der Waals surface area contributed by atoms with Gasteiger partial charge in [-0.25, -0.2) is 4.98 Å². The summed E-state index contributed by atoms with van der Waals surface area (Å²) in [4.78, 5) is 25.3. The molecule has 39 heavy (non-hydrogen) atoms. The van der Waals surface area contributed by atoms with E-state index in [9.17, 15) is 4.79 Å². The lowest BCUT2D eigenvalue weighted by Crippen LogP contribution is -2.41. The number of ketones is 1. The van der Waals surface area contributed by atoms with Gasteiger partial charge in [0.25, 0.3) is 0 Å². The predicted molar refractivity (Wildman–Crippen MR) is 143 cm³/mol. The summed E-state index contributed by atoms with van der Waals surface area (Å²) in [5.41, 5.74) is 1.92. The van der Waals surface area contributed by atoms with Crippen molar-refractivity contribution in [2.75, 3.05) is 13.6 Å². The van der Waals surface area contributed by atoms with Crippen molar-refractivity contribution in [3.63, 3.8) is 0 Å². The van der Waals surface area contributed by atoms with E-state index in [1.165, 1.54) is 0 Å². The fourth-order valence-corrected chi connectivity index (χ4v) is 6.92. The maximum absolute atomic E-state index is 13.2. The lowest BCUT2D eigenvalue weighted by atomic mass is 9.64.